The topological polar surface area (TPSA) is 43.4 Å². The van der Waals surface area contributed by atoms with E-state index in [1.165, 1.54) is 13.2 Å². The molecule has 3 heteroatoms. The van der Waals surface area contributed by atoms with Crippen molar-refractivity contribution in [3.05, 3.63) is 76.9 Å². The molecule has 0 aliphatic rings. The molecule has 0 aliphatic heterocycles. The summed E-state index contributed by atoms with van der Waals surface area (Å²) in [6.45, 7) is 1.84. The summed E-state index contributed by atoms with van der Waals surface area (Å²) in [7, 11) is 1.36. The molecule has 2 aromatic rings. The van der Waals surface area contributed by atoms with Gasteiger partial charge in [0, 0.05) is 5.56 Å². The zero-order valence-electron chi connectivity index (χ0n) is 12.0. The maximum absolute atomic E-state index is 12.0. The zero-order chi connectivity index (χ0) is 15.2. The zero-order valence-corrected chi connectivity index (χ0v) is 12.0. The van der Waals surface area contributed by atoms with Crippen molar-refractivity contribution in [3.63, 3.8) is 0 Å². The number of hydrogen-bond donors (Lipinski definition) is 0. The lowest BCUT2D eigenvalue weighted by molar-refractivity contribution is 0.0600. The number of benzene rings is 2. The quantitative estimate of drug-likeness (QED) is 0.487. The molecule has 0 saturated carbocycles. The molecule has 2 rings (SSSR count). The Kier molecular flexibility index (Phi) is 4.67. The van der Waals surface area contributed by atoms with Crippen LogP contribution in [0.1, 0.15) is 31.8 Å². The highest BCUT2D eigenvalue weighted by Gasteiger charge is 2.08. The van der Waals surface area contributed by atoms with Crippen molar-refractivity contribution in [2.24, 2.45) is 0 Å². The summed E-state index contributed by atoms with van der Waals surface area (Å²) in [5, 5.41) is 0. The van der Waals surface area contributed by atoms with E-state index < -0.39 is 0 Å². The van der Waals surface area contributed by atoms with Crippen LogP contribution in [-0.4, -0.2) is 18.9 Å². The van der Waals surface area contributed by atoms with Gasteiger partial charge in [-0.25, -0.2) is 4.79 Å². The molecule has 0 N–H and O–H groups in total. The second-order valence-corrected chi connectivity index (χ2v) is 4.63. The molecule has 0 bridgehead atoms. The molecule has 0 saturated heterocycles. The van der Waals surface area contributed by atoms with Crippen molar-refractivity contribution in [2.45, 2.75) is 6.92 Å². The van der Waals surface area contributed by atoms with E-state index in [0.29, 0.717) is 11.1 Å². The number of aryl methyl sites for hydroxylation is 1. The van der Waals surface area contributed by atoms with Crippen LogP contribution in [0.15, 0.2) is 54.6 Å². The van der Waals surface area contributed by atoms with Crippen LogP contribution < -0.4 is 0 Å². The first-order valence-electron chi connectivity index (χ1n) is 6.58. The fourth-order valence-corrected chi connectivity index (χ4v) is 2.00. The van der Waals surface area contributed by atoms with E-state index in [9.17, 15) is 9.59 Å². The van der Waals surface area contributed by atoms with Crippen molar-refractivity contribution < 1.29 is 14.3 Å². The average molecular weight is 280 g/mol. The molecule has 3 nitrogen and oxygen atoms in total. The fourth-order valence-electron chi connectivity index (χ4n) is 2.00. The van der Waals surface area contributed by atoms with Gasteiger partial charge in [-0.3, -0.25) is 4.79 Å². The summed E-state index contributed by atoms with van der Waals surface area (Å²) in [6, 6.07) is 14.4. The number of hydrogen-bond acceptors (Lipinski definition) is 3. The molecule has 2 aromatic carbocycles. The number of ether oxygens (including phenoxy) is 1. The third kappa shape index (κ3) is 3.66. The molecule has 0 atom stereocenters. The van der Waals surface area contributed by atoms with Crippen LogP contribution in [0.25, 0.3) is 6.08 Å². The van der Waals surface area contributed by atoms with Crippen molar-refractivity contribution >= 4 is 17.8 Å². The van der Waals surface area contributed by atoms with Gasteiger partial charge in [-0.2, -0.15) is 0 Å². The lowest BCUT2D eigenvalue weighted by atomic mass is 10.0. The number of allylic oxidation sites excluding steroid dienone is 1. The summed E-state index contributed by atoms with van der Waals surface area (Å²) in [5.74, 6) is -0.409. The number of carbonyl (C=O) groups is 2. The lowest BCUT2D eigenvalue weighted by Gasteiger charge is -2.04. The largest absolute Gasteiger partial charge is 0.465 e. The summed E-state index contributed by atoms with van der Waals surface area (Å²) in [5.41, 5.74) is 2.86. The fraction of sp³-hybridized carbons (Fsp3) is 0.111. The molecule has 106 valence electrons. The van der Waals surface area contributed by atoms with Gasteiger partial charge in [-0.05, 0) is 30.2 Å². The van der Waals surface area contributed by atoms with Gasteiger partial charge >= 0.3 is 5.97 Å². The van der Waals surface area contributed by atoms with Crippen LogP contribution >= 0.6 is 0 Å². The predicted molar refractivity (Wildman–Crippen MR) is 82.3 cm³/mol. The van der Waals surface area contributed by atoms with Crippen LogP contribution in [-0.2, 0) is 4.74 Å². The first-order chi connectivity index (χ1) is 10.1. The summed E-state index contributed by atoms with van der Waals surface area (Å²) in [4.78, 5) is 23.5. The van der Waals surface area contributed by atoms with E-state index in [-0.39, 0.29) is 11.8 Å². The van der Waals surface area contributed by atoms with Gasteiger partial charge in [0.1, 0.15) is 0 Å². The molecule has 0 fully saturated rings. The first kappa shape index (κ1) is 14.7. The Morgan fingerprint density at radius 3 is 2.38 bits per heavy atom. The van der Waals surface area contributed by atoms with Crippen LogP contribution in [0, 0.1) is 6.92 Å². The maximum Gasteiger partial charge on any atom is 0.338 e. The van der Waals surface area contributed by atoms with Gasteiger partial charge in [0.2, 0.25) is 0 Å². The molecular weight excluding hydrogens is 264 g/mol. The second kappa shape index (κ2) is 6.66. The number of esters is 1. The predicted octanol–water partition coefficient (Wildman–Crippen LogP) is 3.68. The molecule has 0 spiro atoms. The molecule has 21 heavy (non-hydrogen) atoms. The summed E-state index contributed by atoms with van der Waals surface area (Å²) >= 11 is 0. The molecule has 0 radical (unpaired) electrons. The van der Waals surface area contributed by atoms with Gasteiger partial charge in [0.15, 0.2) is 5.78 Å². The normalized spacial score (nSPS) is 10.6. The van der Waals surface area contributed by atoms with E-state index in [2.05, 4.69) is 0 Å². The Morgan fingerprint density at radius 2 is 1.76 bits per heavy atom. The number of rotatable bonds is 4. The van der Waals surface area contributed by atoms with E-state index in [0.717, 1.165) is 11.1 Å². The van der Waals surface area contributed by atoms with Crippen molar-refractivity contribution in [3.8, 4) is 0 Å². The molecule has 0 aliphatic carbocycles. The van der Waals surface area contributed by atoms with Gasteiger partial charge in [0.05, 0.1) is 12.7 Å². The lowest BCUT2D eigenvalue weighted by Crippen LogP contribution is -2.03. The van der Waals surface area contributed by atoms with Crippen molar-refractivity contribution in [1.82, 2.24) is 0 Å². The smallest absolute Gasteiger partial charge is 0.338 e. The molecule has 0 unspecified atom stereocenters. The standard InChI is InChI=1S/C18H16O3/c1-13-12-14(8-10-16(13)18(20)21-2)9-11-17(19)15-6-4-3-5-7-15/h3-12H,1-2H3/b11-9+. The van der Waals surface area contributed by atoms with Crippen LogP contribution in [0.4, 0.5) is 0 Å². The minimum absolute atomic E-state index is 0.0507. The van der Waals surface area contributed by atoms with E-state index in [1.54, 1.807) is 30.3 Å². The minimum Gasteiger partial charge on any atom is -0.465 e. The molecular formula is C18H16O3. The van der Waals surface area contributed by atoms with Crippen molar-refractivity contribution in [2.75, 3.05) is 7.11 Å². The third-order valence-electron chi connectivity index (χ3n) is 3.14. The number of carbonyl (C=O) groups excluding carboxylic acids is 2. The Bertz CT molecular complexity index is 685. The Hall–Kier alpha value is -2.68. The van der Waals surface area contributed by atoms with Crippen molar-refractivity contribution in [1.29, 1.82) is 0 Å². The average Bonchev–Trinajstić information content (AvgIpc) is 2.52. The SMILES string of the molecule is COC(=O)c1ccc(/C=C/C(=O)c2ccccc2)cc1C. The van der Waals surface area contributed by atoms with E-state index >= 15 is 0 Å². The first-order valence-corrected chi connectivity index (χ1v) is 6.58. The monoisotopic (exact) mass is 280 g/mol. The van der Waals surface area contributed by atoms with E-state index in [4.69, 9.17) is 4.74 Å². The second-order valence-electron chi connectivity index (χ2n) is 4.63. The Labute approximate surface area is 123 Å². The highest BCUT2D eigenvalue weighted by Crippen LogP contribution is 2.14. The Balaban J connectivity index is 2.17. The van der Waals surface area contributed by atoms with Gasteiger partial charge in [-0.15, -0.1) is 0 Å². The summed E-state index contributed by atoms with van der Waals surface area (Å²) in [6.07, 6.45) is 3.27. The molecule has 0 aromatic heterocycles. The molecule has 0 amide bonds. The van der Waals surface area contributed by atoms with E-state index in [1.807, 2.05) is 31.2 Å². The summed E-state index contributed by atoms with van der Waals surface area (Å²) < 4.78 is 4.70. The third-order valence-corrected chi connectivity index (χ3v) is 3.14. The Morgan fingerprint density at radius 1 is 1.05 bits per heavy atom. The minimum atomic E-state index is -0.358. The highest BCUT2D eigenvalue weighted by atomic mass is 16.5. The van der Waals surface area contributed by atoms with Crippen LogP contribution in [0.2, 0.25) is 0 Å². The van der Waals surface area contributed by atoms with Gasteiger partial charge in [0.25, 0.3) is 0 Å². The molecule has 0 heterocycles. The van der Waals surface area contributed by atoms with Crippen LogP contribution in [0.5, 0.6) is 0 Å². The maximum atomic E-state index is 12.0. The van der Waals surface area contributed by atoms with Crippen LogP contribution in [0.3, 0.4) is 0 Å². The van der Waals surface area contributed by atoms with Gasteiger partial charge in [-0.1, -0.05) is 48.5 Å². The van der Waals surface area contributed by atoms with Gasteiger partial charge < -0.3 is 4.74 Å². The number of methoxy groups -OCH3 is 1. The highest BCUT2D eigenvalue weighted by molar-refractivity contribution is 6.06. The number of ketones is 1.